The maximum Gasteiger partial charge on any atom is 0.274 e. The number of fused-ring (bicyclic) bond motifs is 1. The second kappa shape index (κ2) is 5.50. The lowest BCUT2D eigenvalue weighted by Gasteiger charge is -2.08. The van der Waals surface area contributed by atoms with Crippen molar-refractivity contribution in [3.8, 4) is 0 Å². The van der Waals surface area contributed by atoms with Gasteiger partial charge in [0.15, 0.2) is 0 Å². The molecule has 4 nitrogen and oxygen atoms in total. The molecule has 3 aromatic rings. The average molecular weight is 298 g/mol. The largest absolute Gasteiger partial charge is 0.319 e. The minimum Gasteiger partial charge on any atom is -0.319 e. The molecule has 0 radical (unpaired) electrons. The second-order valence-corrected chi connectivity index (χ2v) is 4.98. The lowest BCUT2D eigenvalue weighted by molar-refractivity contribution is 0.102. The third kappa shape index (κ3) is 2.71. The Labute approximate surface area is 126 Å². The van der Waals surface area contributed by atoms with Crippen molar-refractivity contribution in [2.24, 2.45) is 0 Å². The highest BCUT2D eigenvalue weighted by atomic mass is 35.5. The molecule has 2 aromatic heterocycles. The molecule has 1 amide bonds. The maximum atomic E-state index is 12.3. The average Bonchev–Trinajstić information content (AvgIpc) is 2.51. The van der Waals surface area contributed by atoms with Crippen molar-refractivity contribution in [1.82, 2.24) is 9.97 Å². The van der Waals surface area contributed by atoms with Gasteiger partial charge in [-0.15, -0.1) is 0 Å². The van der Waals surface area contributed by atoms with Crippen molar-refractivity contribution in [3.63, 3.8) is 0 Å². The molecule has 0 saturated heterocycles. The van der Waals surface area contributed by atoms with Crippen molar-refractivity contribution < 1.29 is 4.79 Å². The summed E-state index contributed by atoms with van der Waals surface area (Å²) in [7, 11) is 0. The van der Waals surface area contributed by atoms with Gasteiger partial charge in [-0.25, -0.2) is 4.98 Å². The lowest BCUT2D eigenvalue weighted by atomic mass is 10.2. The maximum absolute atomic E-state index is 12.3. The first-order valence-electron chi connectivity index (χ1n) is 6.43. The van der Waals surface area contributed by atoms with Gasteiger partial charge in [0.2, 0.25) is 0 Å². The Bertz CT molecular complexity index is 833. The number of halogens is 1. The molecular weight excluding hydrogens is 286 g/mol. The molecule has 0 aliphatic carbocycles. The smallest absolute Gasteiger partial charge is 0.274 e. The van der Waals surface area contributed by atoms with E-state index in [0.717, 1.165) is 10.9 Å². The number of para-hydroxylation sites is 1. The van der Waals surface area contributed by atoms with Gasteiger partial charge in [0.25, 0.3) is 5.91 Å². The number of aromatic nitrogens is 2. The summed E-state index contributed by atoms with van der Waals surface area (Å²) in [6.45, 7) is 1.78. The van der Waals surface area contributed by atoms with Gasteiger partial charge < -0.3 is 5.32 Å². The fourth-order valence-electron chi connectivity index (χ4n) is 2.02. The normalized spacial score (nSPS) is 10.6. The molecule has 5 heteroatoms. The zero-order valence-corrected chi connectivity index (χ0v) is 12.1. The van der Waals surface area contributed by atoms with Crippen molar-refractivity contribution >= 4 is 34.1 Å². The highest BCUT2D eigenvalue weighted by molar-refractivity contribution is 6.34. The van der Waals surface area contributed by atoms with Crippen LogP contribution in [0.15, 0.2) is 48.7 Å². The molecule has 0 fully saturated rings. The molecule has 0 bridgehead atoms. The molecule has 3 rings (SSSR count). The lowest BCUT2D eigenvalue weighted by Crippen LogP contribution is -2.14. The zero-order chi connectivity index (χ0) is 14.8. The Morgan fingerprint density at radius 1 is 1.14 bits per heavy atom. The monoisotopic (exact) mass is 297 g/mol. The van der Waals surface area contributed by atoms with Gasteiger partial charge in [-0.1, -0.05) is 35.9 Å². The molecule has 1 N–H and O–H groups in total. The van der Waals surface area contributed by atoms with Crippen LogP contribution in [0.4, 0.5) is 5.69 Å². The highest BCUT2D eigenvalue weighted by Crippen LogP contribution is 2.24. The van der Waals surface area contributed by atoms with Crippen LogP contribution in [0, 0.1) is 6.92 Å². The number of nitrogens with zero attached hydrogens (tertiary/aromatic N) is 2. The first-order valence-corrected chi connectivity index (χ1v) is 6.81. The van der Waals surface area contributed by atoms with Gasteiger partial charge in [-0.2, -0.15) is 0 Å². The van der Waals surface area contributed by atoms with Crippen molar-refractivity contribution in [2.45, 2.75) is 6.92 Å². The Morgan fingerprint density at radius 2 is 1.95 bits per heavy atom. The number of carbonyl (C=O) groups is 1. The molecule has 0 atom stereocenters. The topological polar surface area (TPSA) is 54.9 Å². The van der Waals surface area contributed by atoms with Crippen LogP contribution < -0.4 is 5.32 Å². The number of nitrogens with one attached hydrogen (secondary N) is 1. The number of pyridine rings is 2. The number of hydrogen-bond donors (Lipinski definition) is 1. The van der Waals surface area contributed by atoms with Crippen LogP contribution in [0.1, 0.15) is 16.2 Å². The molecule has 1 aromatic carbocycles. The molecule has 21 heavy (non-hydrogen) atoms. The summed E-state index contributed by atoms with van der Waals surface area (Å²) < 4.78 is 0. The number of aryl methyl sites for hydroxylation is 1. The van der Waals surface area contributed by atoms with E-state index in [-0.39, 0.29) is 5.91 Å². The molecule has 0 aliphatic heterocycles. The number of hydrogen-bond acceptors (Lipinski definition) is 3. The van der Waals surface area contributed by atoms with E-state index in [1.165, 1.54) is 0 Å². The molecule has 104 valence electrons. The minimum absolute atomic E-state index is 0.298. The van der Waals surface area contributed by atoms with E-state index in [4.69, 9.17) is 11.6 Å². The van der Waals surface area contributed by atoms with Gasteiger partial charge in [-0.05, 0) is 25.1 Å². The zero-order valence-electron chi connectivity index (χ0n) is 11.3. The van der Waals surface area contributed by atoms with Crippen LogP contribution in [0.3, 0.4) is 0 Å². The molecular formula is C16H12ClN3O. The standard InChI is InChI=1S/C16H12ClN3O/c1-10-15(17)13(8-9-18-10)20-16(21)14-7-6-11-4-2-3-5-12(11)19-14/h2-9H,1H3,(H,18,20,21). The third-order valence-corrected chi connectivity index (χ3v) is 3.62. The Balaban J connectivity index is 1.91. The van der Waals surface area contributed by atoms with Crippen molar-refractivity contribution in [3.05, 3.63) is 65.1 Å². The summed E-state index contributed by atoms with van der Waals surface area (Å²) in [6.07, 6.45) is 1.60. The summed E-state index contributed by atoms with van der Waals surface area (Å²) in [6, 6.07) is 12.9. The summed E-state index contributed by atoms with van der Waals surface area (Å²) in [5.41, 5.74) is 2.33. The van der Waals surface area contributed by atoms with Gasteiger partial charge in [0.05, 0.1) is 21.9 Å². The van der Waals surface area contributed by atoms with E-state index in [1.807, 2.05) is 30.3 Å². The predicted molar refractivity (Wildman–Crippen MR) is 83.7 cm³/mol. The number of amides is 1. The fraction of sp³-hybridized carbons (Fsp3) is 0.0625. The summed E-state index contributed by atoms with van der Waals surface area (Å²) in [4.78, 5) is 20.7. The van der Waals surface area contributed by atoms with E-state index in [1.54, 1.807) is 25.3 Å². The quantitative estimate of drug-likeness (QED) is 0.782. The van der Waals surface area contributed by atoms with E-state index < -0.39 is 0 Å². The number of carbonyl (C=O) groups excluding carboxylic acids is 1. The van der Waals surface area contributed by atoms with Gasteiger partial charge in [0, 0.05) is 11.6 Å². The Morgan fingerprint density at radius 3 is 2.81 bits per heavy atom. The van der Waals surface area contributed by atoms with Gasteiger partial charge in [0.1, 0.15) is 5.69 Å². The van der Waals surface area contributed by atoms with Gasteiger partial charge >= 0.3 is 0 Å². The SMILES string of the molecule is Cc1nccc(NC(=O)c2ccc3ccccc3n2)c1Cl. The van der Waals surface area contributed by atoms with Crippen molar-refractivity contribution in [1.29, 1.82) is 0 Å². The van der Waals surface area contributed by atoms with Crippen LogP contribution in [0.2, 0.25) is 5.02 Å². The van der Waals surface area contributed by atoms with E-state index in [2.05, 4.69) is 15.3 Å². The molecule has 0 unspecified atom stereocenters. The summed E-state index contributed by atoms with van der Waals surface area (Å²) >= 11 is 6.12. The minimum atomic E-state index is -0.298. The van der Waals surface area contributed by atoms with Crippen LogP contribution >= 0.6 is 11.6 Å². The second-order valence-electron chi connectivity index (χ2n) is 4.60. The van der Waals surface area contributed by atoms with Gasteiger partial charge in [-0.3, -0.25) is 9.78 Å². The summed E-state index contributed by atoms with van der Waals surface area (Å²) in [5, 5.41) is 4.19. The van der Waals surface area contributed by atoms with Crippen LogP contribution in [0.25, 0.3) is 10.9 Å². The molecule has 2 heterocycles. The van der Waals surface area contributed by atoms with Crippen LogP contribution in [0.5, 0.6) is 0 Å². The Hall–Kier alpha value is -2.46. The number of rotatable bonds is 2. The number of benzene rings is 1. The molecule has 0 saturated carbocycles. The first-order chi connectivity index (χ1) is 10.1. The van der Waals surface area contributed by atoms with Crippen molar-refractivity contribution in [2.75, 3.05) is 5.32 Å². The molecule has 0 aliphatic rings. The van der Waals surface area contributed by atoms with E-state index >= 15 is 0 Å². The van der Waals surface area contributed by atoms with Crippen LogP contribution in [-0.4, -0.2) is 15.9 Å². The molecule has 0 spiro atoms. The predicted octanol–water partition coefficient (Wildman–Crippen LogP) is 3.84. The van der Waals surface area contributed by atoms with Crippen LogP contribution in [-0.2, 0) is 0 Å². The van der Waals surface area contributed by atoms with E-state index in [9.17, 15) is 4.79 Å². The van der Waals surface area contributed by atoms with E-state index in [0.29, 0.717) is 22.1 Å². The third-order valence-electron chi connectivity index (χ3n) is 3.14. The fourth-order valence-corrected chi connectivity index (χ4v) is 2.18. The first kappa shape index (κ1) is 13.5. The highest BCUT2D eigenvalue weighted by Gasteiger charge is 2.11. The summed E-state index contributed by atoms with van der Waals surface area (Å²) in [5.74, 6) is -0.298. The number of anilines is 1. The Kier molecular flexibility index (Phi) is 3.54.